The number of carbonyl (C=O) groups is 1. The van der Waals surface area contributed by atoms with Crippen molar-refractivity contribution in [2.45, 2.75) is 11.4 Å². The van der Waals surface area contributed by atoms with Crippen LogP contribution in [-0.2, 0) is 11.3 Å². The summed E-state index contributed by atoms with van der Waals surface area (Å²) in [5, 5.41) is 1.12. The lowest BCUT2D eigenvalue weighted by atomic mass is 10.1. The lowest BCUT2D eigenvalue weighted by Gasteiger charge is -2.03. The topological polar surface area (TPSA) is 44.1 Å². The maximum Gasteiger partial charge on any atom is 0.337 e. The Labute approximate surface area is 130 Å². The average Bonchev–Trinajstić information content (AvgIpc) is 3.12. The third kappa shape index (κ3) is 2.69. The molecule has 2 heterocycles. The lowest BCUT2D eigenvalue weighted by molar-refractivity contribution is 0.0601. The highest BCUT2D eigenvalue weighted by molar-refractivity contribution is 7.99. The molecule has 21 heavy (non-hydrogen) atoms. The van der Waals surface area contributed by atoms with Gasteiger partial charge in [0.05, 0.1) is 25.5 Å². The molecular weight excluding hydrogens is 304 g/mol. The van der Waals surface area contributed by atoms with Crippen LogP contribution in [-0.4, -0.2) is 28.9 Å². The van der Waals surface area contributed by atoms with Gasteiger partial charge in [0.1, 0.15) is 0 Å². The monoisotopic (exact) mass is 318 g/mol. The van der Waals surface area contributed by atoms with E-state index in [9.17, 15) is 4.79 Å². The molecule has 0 aliphatic carbocycles. The Morgan fingerprint density at radius 3 is 3.00 bits per heavy atom. The average molecular weight is 318 g/mol. The van der Waals surface area contributed by atoms with Crippen LogP contribution in [0.2, 0.25) is 0 Å². The molecular formula is C15H14N2O2S2. The molecule has 0 bridgehead atoms. The van der Waals surface area contributed by atoms with Crippen LogP contribution in [0.4, 0.5) is 0 Å². The van der Waals surface area contributed by atoms with Crippen LogP contribution in [0.5, 0.6) is 0 Å². The molecule has 0 spiro atoms. The number of nitrogens with zero attached hydrogens (tertiary/aromatic N) is 2. The predicted octanol–water partition coefficient (Wildman–Crippen LogP) is 3.65. The summed E-state index contributed by atoms with van der Waals surface area (Å²) in [5.74, 6) is -0.300. The number of ether oxygens (including phenoxy) is 1. The zero-order valence-electron chi connectivity index (χ0n) is 11.7. The third-order valence-corrected chi connectivity index (χ3v) is 5.38. The highest BCUT2D eigenvalue weighted by Gasteiger charge is 2.14. The minimum Gasteiger partial charge on any atom is -0.465 e. The minimum atomic E-state index is -0.300. The number of rotatable bonds is 4. The quantitative estimate of drug-likeness (QED) is 0.544. The van der Waals surface area contributed by atoms with Gasteiger partial charge in [-0.1, -0.05) is 0 Å². The van der Waals surface area contributed by atoms with E-state index < -0.39 is 0 Å². The van der Waals surface area contributed by atoms with Crippen LogP contribution < -0.4 is 0 Å². The van der Waals surface area contributed by atoms with Gasteiger partial charge in [-0.3, -0.25) is 0 Å². The van der Waals surface area contributed by atoms with Gasteiger partial charge >= 0.3 is 5.97 Å². The number of thioether (sulfide) groups is 1. The Morgan fingerprint density at radius 2 is 2.33 bits per heavy atom. The first-order valence-electron chi connectivity index (χ1n) is 6.36. The van der Waals surface area contributed by atoms with Crippen molar-refractivity contribution in [3.8, 4) is 0 Å². The van der Waals surface area contributed by atoms with Crippen molar-refractivity contribution >= 4 is 39.2 Å². The van der Waals surface area contributed by atoms with Crippen molar-refractivity contribution in [3.05, 3.63) is 47.4 Å². The highest BCUT2D eigenvalue weighted by Crippen LogP contribution is 2.38. The van der Waals surface area contributed by atoms with E-state index in [1.165, 1.54) is 21.6 Å². The second kappa shape index (κ2) is 5.91. The van der Waals surface area contributed by atoms with Gasteiger partial charge in [-0.25, -0.2) is 9.78 Å². The number of carbonyl (C=O) groups excluding carboxylic acids is 1. The van der Waals surface area contributed by atoms with Crippen molar-refractivity contribution in [2.24, 2.45) is 0 Å². The van der Waals surface area contributed by atoms with Crippen molar-refractivity contribution in [1.29, 1.82) is 0 Å². The molecule has 2 aromatic heterocycles. The summed E-state index contributed by atoms with van der Waals surface area (Å²) in [6, 6.07) is 5.72. The molecule has 0 saturated heterocycles. The molecule has 0 radical (unpaired) electrons. The van der Waals surface area contributed by atoms with E-state index in [0.29, 0.717) is 5.56 Å². The molecule has 0 fully saturated rings. The molecule has 0 saturated carbocycles. The zero-order valence-corrected chi connectivity index (χ0v) is 13.3. The SMILES string of the molecule is COC(=O)c1ccc2sc(Cn3ccnc3)c(SC)c2c1. The molecule has 0 amide bonds. The number of esters is 1. The Morgan fingerprint density at radius 1 is 1.48 bits per heavy atom. The van der Waals surface area contributed by atoms with Gasteiger partial charge in [-0.2, -0.15) is 0 Å². The molecule has 0 N–H and O–H groups in total. The van der Waals surface area contributed by atoms with E-state index in [1.807, 2.05) is 35.3 Å². The van der Waals surface area contributed by atoms with Gasteiger partial charge in [0.15, 0.2) is 0 Å². The number of hydrogen-bond acceptors (Lipinski definition) is 5. The molecule has 3 aromatic rings. The fourth-order valence-corrected chi connectivity index (χ4v) is 4.45. The summed E-state index contributed by atoms with van der Waals surface area (Å²) < 4.78 is 8.03. The first kappa shape index (κ1) is 14.2. The smallest absolute Gasteiger partial charge is 0.337 e. The number of aromatic nitrogens is 2. The molecule has 6 heteroatoms. The first-order valence-corrected chi connectivity index (χ1v) is 8.40. The molecule has 0 atom stereocenters. The van der Waals surface area contributed by atoms with Crippen LogP contribution in [0.3, 0.4) is 0 Å². The molecule has 0 aliphatic heterocycles. The van der Waals surface area contributed by atoms with Crippen LogP contribution in [0.15, 0.2) is 41.8 Å². The van der Waals surface area contributed by atoms with Crippen LogP contribution in [0, 0.1) is 0 Å². The van der Waals surface area contributed by atoms with Gasteiger partial charge in [-0.05, 0) is 24.5 Å². The van der Waals surface area contributed by atoms with E-state index in [1.54, 1.807) is 29.3 Å². The van der Waals surface area contributed by atoms with Gasteiger partial charge in [-0.15, -0.1) is 23.1 Å². The van der Waals surface area contributed by atoms with Gasteiger partial charge in [0.25, 0.3) is 0 Å². The number of hydrogen-bond donors (Lipinski definition) is 0. The van der Waals surface area contributed by atoms with Crippen LogP contribution in [0.1, 0.15) is 15.2 Å². The fraction of sp³-hybridized carbons (Fsp3) is 0.200. The van der Waals surface area contributed by atoms with Crippen molar-refractivity contribution < 1.29 is 9.53 Å². The molecule has 4 nitrogen and oxygen atoms in total. The van der Waals surface area contributed by atoms with Gasteiger partial charge in [0, 0.05) is 32.3 Å². The second-order valence-corrected chi connectivity index (χ2v) is 6.45. The van der Waals surface area contributed by atoms with Gasteiger partial charge in [0.2, 0.25) is 0 Å². The Hall–Kier alpha value is -1.79. The maximum absolute atomic E-state index is 11.7. The summed E-state index contributed by atoms with van der Waals surface area (Å²) in [7, 11) is 1.40. The first-order chi connectivity index (χ1) is 10.2. The lowest BCUT2D eigenvalue weighted by Crippen LogP contribution is -2.00. The summed E-state index contributed by atoms with van der Waals surface area (Å²) in [4.78, 5) is 18.3. The van der Waals surface area contributed by atoms with E-state index in [-0.39, 0.29) is 5.97 Å². The summed E-state index contributed by atoms with van der Waals surface area (Å²) >= 11 is 3.46. The van der Waals surface area contributed by atoms with Crippen LogP contribution >= 0.6 is 23.1 Å². The second-order valence-electron chi connectivity index (χ2n) is 4.50. The highest BCUT2D eigenvalue weighted by atomic mass is 32.2. The molecule has 108 valence electrons. The third-order valence-electron chi connectivity index (χ3n) is 3.22. The van der Waals surface area contributed by atoms with E-state index in [4.69, 9.17) is 4.74 Å². The standard InChI is InChI=1S/C15H14N2O2S2/c1-19-15(18)10-3-4-12-11(7-10)14(20-2)13(21-12)8-17-6-5-16-9-17/h3-7,9H,8H2,1-2H3. The molecule has 0 aliphatic rings. The van der Waals surface area contributed by atoms with Gasteiger partial charge < -0.3 is 9.30 Å². The minimum absolute atomic E-state index is 0.300. The molecule has 0 unspecified atom stereocenters. The zero-order chi connectivity index (χ0) is 14.8. The van der Waals surface area contributed by atoms with E-state index in [0.717, 1.165) is 11.9 Å². The Kier molecular flexibility index (Phi) is 3.98. The summed E-state index contributed by atoms with van der Waals surface area (Å²) in [6.45, 7) is 0.795. The van der Waals surface area contributed by atoms with E-state index in [2.05, 4.69) is 11.2 Å². The maximum atomic E-state index is 11.7. The Balaban J connectivity index is 2.07. The summed E-state index contributed by atoms with van der Waals surface area (Å²) in [6.07, 6.45) is 7.61. The van der Waals surface area contributed by atoms with Crippen molar-refractivity contribution in [1.82, 2.24) is 9.55 Å². The molecule has 1 aromatic carbocycles. The number of imidazole rings is 1. The number of thiophene rings is 1. The molecule has 3 rings (SSSR count). The van der Waals surface area contributed by atoms with E-state index >= 15 is 0 Å². The normalized spacial score (nSPS) is 11.0. The largest absolute Gasteiger partial charge is 0.465 e. The van der Waals surface area contributed by atoms with Crippen molar-refractivity contribution in [3.63, 3.8) is 0 Å². The number of methoxy groups -OCH3 is 1. The van der Waals surface area contributed by atoms with Crippen molar-refractivity contribution in [2.75, 3.05) is 13.4 Å². The number of fused-ring (bicyclic) bond motifs is 1. The predicted molar refractivity (Wildman–Crippen MR) is 86.3 cm³/mol. The number of benzene rings is 1. The Bertz CT molecular complexity index is 778. The van der Waals surface area contributed by atoms with Crippen LogP contribution in [0.25, 0.3) is 10.1 Å². The summed E-state index contributed by atoms with van der Waals surface area (Å²) in [5.41, 5.74) is 0.590. The fourth-order valence-electron chi connectivity index (χ4n) is 2.24.